The zero-order chi connectivity index (χ0) is 19.0. The molecular weight excluding hydrogens is 368 g/mol. The van der Waals surface area contributed by atoms with E-state index >= 15 is 0 Å². The molecule has 8 heteroatoms. The third-order valence-corrected chi connectivity index (χ3v) is 4.88. The summed E-state index contributed by atoms with van der Waals surface area (Å²) in [6, 6.07) is 7.63. The van der Waals surface area contributed by atoms with Crippen LogP contribution in [0.15, 0.2) is 48.9 Å². The van der Waals surface area contributed by atoms with Gasteiger partial charge in [0.1, 0.15) is 6.33 Å². The summed E-state index contributed by atoms with van der Waals surface area (Å²) in [5.41, 5.74) is 2.06. The minimum Gasteiger partial charge on any atom is -0.292 e. The van der Waals surface area contributed by atoms with Gasteiger partial charge in [-0.3, -0.25) is 24.2 Å². The number of amides is 2. The fraction of sp³-hybridized carbons (Fsp3) is 0.211. The molecule has 2 aromatic rings. The van der Waals surface area contributed by atoms with Crippen molar-refractivity contribution in [2.24, 2.45) is 0 Å². The highest BCUT2D eigenvalue weighted by molar-refractivity contribution is 6.30. The predicted molar refractivity (Wildman–Crippen MR) is 97.4 cm³/mol. The van der Waals surface area contributed by atoms with Crippen molar-refractivity contribution in [3.63, 3.8) is 0 Å². The van der Waals surface area contributed by atoms with E-state index in [1.165, 1.54) is 12.4 Å². The first-order chi connectivity index (χ1) is 13.0. The Bertz CT molecular complexity index is 943. The fourth-order valence-corrected chi connectivity index (χ4v) is 3.44. The molecule has 3 heterocycles. The molecule has 0 aliphatic carbocycles. The highest BCUT2D eigenvalue weighted by Gasteiger charge is 2.45. The van der Waals surface area contributed by atoms with E-state index in [1.807, 2.05) is 0 Å². The molecule has 27 heavy (non-hydrogen) atoms. The molecule has 0 bridgehead atoms. The maximum Gasteiger partial charge on any atom is 0.254 e. The predicted octanol–water partition coefficient (Wildman–Crippen LogP) is 1.34. The number of carbonyl (C=O) groups is 3. The Labute approximate surface area is 160 Å². The van der Waals surface area contributed by atoms with Crippen LogP contribution in [0.2, 0.25) is 5.02 Å². The Morgan fingerprint density at radius 3 is 2.56 bits per heavy atom. The summed E-state index contributed by atoms with van der Waals surface area (Å²) in [4.78, 5) is 48.8. The SMILES string of the molecule is O=C1C=C(c2ccncn2)CN2CC(=O)N(Cc3ccc(Cl)cc3)C(=O)C12. The zero-order valence-electron chi connectivity index (χ0n) is 14.2. The lowest BCUT2D eigenvalue weighted by atomic mass is 9.95. The number of rotatable bonds is 3. The minimum atomic E-state index is -0.972. The Morgan fingerprint density at radius 2 is 1.85 bits per heavy atom. The maximum atomic E-state index is 12.9. The summed E-state index contributed by atoms with van der Waals surface area (Å²) in [6.07, 6.45) is 4.42. The van der Waals surface area contributed by atoms with Crippen molar-refractivity contribution < 1.29 is 14.4 Å². The van der Waals surface area contributed by atoms with E-state index < -0.39 is 11.9 Å². The van der Waals surface area contributed by atoms with Crippen LogP contribution in [0.25, 0.3) is 5.57 Å². The second kappa shape index (κ2) is 7.02. The summed E-state index contributed by atoms with van der Waals surface area (Å²) < 4.78 is 0. The van der Waals surface area contributed by atoms with E-state index in [4.69, 9.17) is 11.6 Å². The molecule has 0 spiro atoms. The highest BCUT2D eigenvalue weighted by Crippen LogP contribution is 2.26. The van der Waals surface area contributed by atoms with Gasteiger partial charge >= 0.3 is 0 Å². The molecule has 1 aromatic heterocycles. The van der Waals surface area contributed by atoms with Gasteiger partial charge in [-0.05, 0) is 35.4 Å². The van der Waals surface area contributed by atoms with Crippen molar-refractivity contribution in [1.82, 2.24) is 19.8 Å². The van der Waals surface area contributed by atoms with E-state index in [1.54, 1.807) is 41.4 Å². The number of ketones is 1. The second-order valence-electron chi connectivity index (χ2n) is 6.42. The van der Waals surface area contributed by atoms with Gasteiger partial charge in [-0.25, -0.2) is 9.97 Å². The Kier molecular flexibility index (Phi) is 4.55. The number of hydrogen-bond acceptors (Lipinski definition) is 6. The zero-order valence-corrected chi connectivity index (χ0v) is 15.0. The second-order valence-corrected chi connectivity index (χ2v) is 6.86. The van der Waals surface area contributed by atoms with Gasteiger partial charge < -0.3 is 0 Å². The Hall–Kier alpha value is -2.90. The van der Waals surface area contributed by atoms with Crippen molar-refractivity contribution in [3.05, 3.63) is 65.2 Å². The summed E-state index contributed by atoms with van der Waals surface area (Å²) in [5, 5.41) is 0.575. The molecular formula is C19H15ClN4O3. The van der Waals surface area contributed by atoms with E-state index in [2.05, 4.69) is 9.97 Å². The van der Waals surface area contributed by atoms with Crippen LogP contribution in [0.5, 0.6) is 0 Å². The van der Waals surface area contributed by atoms with Crippen LogP contribution in [0.4, 0.5) is 0 Å². The number of piperazine rings is 1. The number of halogens is 1. The van der Waals surface area contributed by atoms with Gasteiger partial charge in [-0.2, -0.15) is 0 Å². The molecule has 1 unspecified atom stereocenters. The van der Waals surface area contributed by atoms with Gasteiger partial charge in [0.15, 0.2) is 11.8 Å². The van der Waals surface area contributed by atoms with Crippen molar-refractivity contribution >= 4 is 34.8 Å². The van der Waals surface area contributed by atoms with Gasteiger partial charge in [-0.1, -0.05) is 23.7 Å². The fourth-order valence-electron chi connectivity index (χ4n) is 3.32. The lowest BCUT2D eigenvalue weighted by Crippen LogP contribution is -2.63. The quantitative estimate of drug-likeness (QED) is 0.588. The summed E-state index contributed by atoms with van der Waals surface area (Å²) in [7, 11) is 0. The first-order valence-corrected chi connectivity index (χ1v) is 8.74. The third-order valence-electron chi connectivity index (χ3n) is 4.63. The van der Waals surface area contributed by atoms with Crippen molar-refractivity contribution in [3.8, 4) is 0 Å². The molecule has 1 aromatic carbocycles. The Morgan fingerprint density at radius 1 is 1.07 bits per heavy atom. The number of benzene rings is 1. The first-order valence-electron chi connectivity index (χ1n) is 8.36. The van der Waals surface area contributed by atoms with Crippen molar-refractivity contribution in [2.45, 2.75) is 12.6 Å². The van der Waals surface area contributed by atoms with E-state index in [0.717, 1.165) is 10.5 Å². The molecule has 136 valence electrons. The molecule has 1 fully saturated rings. The summed E-state index contributed by atoms with van der Waals surface area (Å²) in [5.74, 6) is -1.17. The lowest BCUT2D eigenvalue weighted by molar-refractivity contribution is -0.157. The van der Waals surface area contributed by atoms with Crippen LogP contribution in [-0.4, -0.2) is 56.5 Å². The van der Waals surface area contributed by atoms with Gasteiger partial charge in [-0.15, -0.1) is 0 Å². The molecule has 7 nitrogen and oxygen atoms in total. The molecule has 4 rings (SSSR count). The topological polar surface area (TPSA) is 83.5 Å². The number of fused-ring (bicyclic) bond motifs is 1. The van der Waals surface area contributed by atoms with Crippen LogP contribution in [0.3, 0.4) is 0 Å². The van der Waals surface area contributed by atoms with Crippen molar-refractivity contribution in [2.75, 3.05) is 13.1 Å². The van der Waals surface area contributed by atoms with Gasteiger partial charge in [0, 0.05) is 17.8 Å². The van der Waals surface area contributed by atoms with E-state index in [9.17, 15) is 14.4 Å². The van der Waals surface area contributed by atoms with Gasteiger partial charge in [0.25, 0.3) is 5.91 Å². The molecule has 1 saturated heterocycles. The molecule has 0 N–H and O–H groups in total. The van der Waals surface area contributed by atoms with Crippen LogP contribution in [0, 0.1) is 0 Å². The third kappa shape index (κ3) is 3.39. The molecule has 2 aliphatic rings. The smallest absolute Gasteiger partial charge is 0.254 e. The highest BCUT2D eigenvalue weighted by atomic mass is 35.5. The van der Waals surface area contributed by atoms with E-state index in [-0.39, 0.29) is 24.8 Å². The number of nitrogens with zero attached hydrogens (tertiary/aromatic N) is 4. The molecule has 2 aliphatic heterocycles. The Balaban J connectivity index is 1.58. The molecule has 0 saturated carbocycles. The summed E-state index contributed by atoms with van der Waals surface area (Å²) >= 11 is 5.87. The average molecular weight is 383 g/mol. The maximum absolute atomic E-state index is 12.9. The number of imide groups is 1. The minimum absolute atomic E-state index is 0.00183. The van der Waals surface area contributed by atoms with E-state index in [0.29, 0.717) is 22.8 Å². The average Bonchev–Trinajstić information content (AvgIpc) is 2.66. The molecule has 0 radical (unpaired) electrons. The van der Waals surface area contributed by atoms with Gasteiger partial charge in [0.05, 0.1) is 18.8 Å². The van der Waals surface area contributed by atoms with Crippen molar-refractivity contribution in [1.29, 1.82) is 0 Å². The number of aromatic nitrogens is 2. The first kappa shape index (κ1) is 17.5. The van der Waals surface area contributed by atoms with Gasteiger partial charge in [0.2, 0.25) is 5.91 Å². The largest absolute Gasteiger partial charge is 0.292 e. The van der Waals surface area contributed by atoms with Crippen LogP contribution in [-0.2, 0) is 20.9 Å². The number of hydrogen-bond donors (Lipinski definition) is 0. The van der Waals surface area contributed by atoms with Crippen LogP contribution < -0.4 is 0 Å². The summed E-state index contributed by atoms with van der Waals surface area (Å²) in [6.45, 7) is 0.423. The molecule has 1 atom stereocenters. The van der Waals surface area contributed by atoms with Crippen LogP contribution >= 0.6 is 11.6 Å². The monoisotopic (exact) mass is 382 g/mol. The standard InChI is InChI=1S/C19H15ClN4O3/c20-14-3-1-12(2-4-14)8-24-17(26)10-23-9-13(15-5-6-21-11-22-15)7-16(25)18(23)19(24)27/h1-7,11,18H,8-10H2. The molecule has 2 amide bonds. The number of carbonyl (C=O) groups excluding carboxylic acids is 3. The van der Waals surface area contributed by atoms with Crippen LogP contribution in [0.1, 0.15) is 11.3 Å². The lowest BCUT2D eigenvalue weighted by Gasteiger charge is -2.40. The normalized spacial score (nSPS) is 20.5.